The van der Waals surface area contributed by atoms with E-state index in [2.05, 4.69) is 0 Å². The van der Waals surface area contributed by atoms with Crippen LogP contribution in [0, 0.1) is 0 Å². The molecular formula is C10H20N2O2. The van der Waals surface area contributed by atoms with Crippen LogP contribution in [0.1, 0.15) is 25.7 Å². The number of likely N-dealkylation sites (N-methyl/N-ethyl adjacent to an activating group) is 1. The van der Waals surface area contributed by atoms with Gasteiger partial charge in [0, 0.05) is 20.7 Å². The molecule has 0 atom stereocenters. The van der Waals surface area contributed by atoms with Crippen LogP contribution in [0.15, 0.2) is 0 Å². The maximum Gasteiger partial charge on any atom is 0.242 e. The van der Waals surface area contributed by atoms with Gasteiger partial charge >= 0.3 is 0 Å². The molecule has 4 nitrogen and oxygen atoms in total. The van der Waals surface area contributed by atoms with Crippen molar-refractivity contribution in [1.29, 1.82) is 0 Å². The zero-order valence-electron chi connectivity index (χ0n) is 9.08. The van der Waals surface area contributed by atoms with E-state index in [1.165, 1.54) is 0 Å². The topological polar surface area (TPSA) is 55.6 Å². The van der Waals surface area contributed by atoms with Crippen molar-refractivity contribution >= 4 is 5.91 Å². The minimum absolute atomic E-state index is 0.0621. The number of amides is 1. The summed E-state index contributed by atoms with van der Waals surface area (Å²) in [6.45, 7) is 1.19. The van der Waals surface area contributed by atoms with Crippen LogP contribution in [0.2, 0.25) is 0 Å². The molecule has 4 heteroatoms. The average Bonchev–Trinajstić information content (AvgIpc) is 2.61. The Morgan fingerprint density at radius 2 is 2.07 bits per heavy atom. The molecule has 0 unspecified atom stereocenters. The maximum absolute atomic E-state index is 11.9. The van der Waals surface area contributed by atoms with Gasteiger partial charge in [0.25, 0.3) is 0 Å². The van der Waals surface area contributed by atoms with Crippen molar-refractivity contribution in [2.45, 2.75) is 31.2 Å². The molecule has 0 aliphatic heterocycles. The fraction of sp³-hybridized carbons (Fsp3) is 0.900. The first-order valence-electron chi connectivity index (χ1n) is 5.13. The van der Waals surface area contributed by atoms with Crippen molar-refractivity contribution in [3.63, 3.8) is 0 Å². The fourth-order valence-corrected chi connectivity index (χ4v) is 1.93. The van der Waals surface area contributed by atoms with E-state index in [0.717, 1.165) is 25.7 Å². The van der Waals surface area contributed by atoms with Crippen molar-refractivity contribution in [3.05, 3.63) is 0 Å². The van der Waals surface area contributed by atoms with Crippen LogP contribution in [-0.4, -0.2) is 43.7 Å². The molecule has 0 aromatic heterocycles. The molecule has 1 rings (SSSR count). The van der Waals surface area contributed by atoms with E-state index < -0.39 is 5.54 Å². The molecule has 1 aliphatic carbocycles. The SMILES string of the molecule is COCCN(C)C(=O)C1(N)CCCC1. The molecule has 1 fully saturated rings. The molecule has 0 saturated heterocycles. The van der Waals surface area contributed by atoms with Gasteiger partial charge in [-0.3, -0.25) is 4.79 Å². The summed E-state index contributed by atoms with van der Waals surface area (Å²) in [5, 5.41) is 0. The van der Waals surface area contributed by atoms with Crippen LogP contribution in [0.4, 0.5) is 0 Å². The highest BCUT2D eigenvalue weighted by Gasteiger charge is 2.38. The summed E-state index contributed by atoms with van der Waals surface area (Å²) in [6, 6.07) is 0. The van der Waals surface area contributed by atoms with Crippen LogP contribution < -0.4 is 5.73 Å². The van der Waals surface area contributed by atoms with Gasteiger partial charge in [0.1, 0.15) is 0 Å². The van der Waals surface area contributed by atoms with Gasteiger partial charge in [0.05, 0.1) is 12.1 Å². The quantitative estimate of drug-likeness (QED) is 0.713. The highest BCUT2D eigenvalue weighted by molar-refractivity contribution is 5.86. The molecule has 0 radical (unpaired) electrons. The van der Waals surface area contributed by atoms with Gasteiger partial charge in [-0.15, -0.1) is 0 Å². The van der Waals surface area contributed by atoms with Gasteiger partial charge in [-0.25, -0.2) is 0 Å². The second-order valence-electron chi connectivity index (χ2n) is 4.08. The molecule has 1 amide bonds. The molecule has 1 aliphatic rings. The maximum atomic E-state index is 11.9. The Hall–Kier alpha value is -0.610. The summed E-state index contributed by atoms with van der Waals surface area (Å²) < 4.78 is 4.92. The monoisotopic (exact) mass is 200 g/mol. The first kappa shape index (κ1) is 11.5. The zero-order valence-corrected chi connectivity index (χ0v) is 9.08. The molecule has 0 spiro atoms. The lowest BCUT2D eigenvalue weighted by molar-refractivity contribution is -0.136. The Kier molecular flexibility index (Phi) is 3.89. The summed E-state index contributed by atoms with van der Waals surface area (Å²) in [6.07, 6.45) is 3.78. The van der Waals surface area contributed by atoms with E-state index >= 15 is 0 Å². The Labute approximate surface area is 85.4 Å². The van der Waals surface area contributed by atoms with Crippen molar-refractivity contribution in [3.8, 4) is 0 Å². The lowest BCUT2D eigenvalue weighted by Crippen LogP contribution is -2.52. The summed E-state index contributed by atoms with van der Waals surface area (Å²) in [5.41, 5.74) is 5.45. The Bertz CT molecular complexity index is 200. The van der Waals surface area contributed by atoms with Gasteiger partial charge in [0.15, 0.2) is 0 Å². The molecule has 1 saturated carbocycles. The fourth-order valence-electron chi connectivity index (χ4n) is 1.93. The summed E-state index contributed by atoms with van der Waals surface area (Å²) in [4.78, 5) is 13.6. The van der Waals surface area contributed by atoms with E-state index in [-0.39, 0.29) is 5.91 Å². The zero-order chi connectivity index (χ0) is 10.6. The Balaban J connectivity index is 2.46. The Morgan fingerprint density at radius 1 is 1.50 bits per heavy atom. The molecule has 2 N–H and O–H groups in total. The summed E-state index contributed by atoms with van der Waals surface area (Å²) in [5.74, 6) is 0.0621. The highest BCUT2D eigenvalue weighted by Crippen LogP contribution is 2.28. The standard InChI is InChI=1S/C10H20N2O2/c1-12(7-8-14-2)9(13)10(11)5-3-4-6-10/h3-8,11H2,1-2H3. The Morgan fingerprint density at radius 3 is 2.57 bits per heavy atom. The van der Waals surface area contributed by atoms with Crippen LogP contribution in [0.3, 0.4) is 0 Å². The summed E-state index contributed by atoms with van der Waals surface area (Å²) in [7, 11) is 3.42. The second kappa shape index (κ2) is 4.75. The molecule has 14 heavy (non-hydrogen) atoms. The minimum Gasteiger partial charge on any atom is -0.383 e. The normalized spacial score (nSPS) is 19.6. The molecule has 0 heterocycles. The number of hydrogen-bond acceptors (Lipinski definition) is 3. The van der Waals surface area contributed by atoms with Crippen LogP contribution >= 0.6 is 0 Å². The van der Waals surface area contributed by atoms with Crippen molar-refractivity contribution < 1.29 is 9.53 Å². The molecular weight excluding hydrogens is 180 g/mol. The first-order chi connectivity index (χ1) is 6.60. The smallest absolute Gasteiger partial charge is 0.242 e. The van der Waals surface area contributed by atoms with Crippen LogP contribution in [-0.2, 0) is 9.53 Å². The van der Waals surface area contributed by atoms with Gasteiger partial charge in [-0.05, 0) is 12.8 Å². The van der Waals surface area contributed by atoms with Crippen molar-refractivity contribution in [2.24, 2.45) is 5.73 Å². The van der Waals surface area contributed by atoms with E-state index in [1.807, 2.05) is 0 Å². The number of rotatable bonds is 4. The molecule has 0 bridgehead atoms. The largest absolute Gasteiger partial charge is 0.383 e. The second-order valence-corrected chi connectivity index (χ2v) is 4.08. The van der Waals surface area contributed by atoms with E-state index in [9.17, 15) is 4.79 Å². The van der Waals surface area contributed by atoms with Gasteiger partial charge in [-0.1, -0.05) is 12.8 Å². The van der Waals surface area contributed by atoms with E-state index in [4.69, 9.17) is 10.5 Å². The third-order valence-electron chi connectivity index (χ3n) is 2.90. The molecule has 0 aromatic rings. The number of nitrogens with two attached hydrogens (primary N) is 1. The number of carbonyl (C=O) groups is 1. The van der Waals surface area contributed by atoms with Gasteiger partial charge in [0.2, 0.25) is 5.91 Å². The average molecular weight is 200 g/mol. The number of methoxy groups -OCH3 is 1. The number of hydrogen-bond donors (Lipinski definition) is 1. The number of carbonyl (C=O) groups excluding carboxylic acids is 1. The first-order valence-corrected chi connectivity index (χ1v) is 5.13. The molecule has 0 aromatic carbocycles. The van der Waals surface area contributed by atoms with Crippen molar-refractivity contribution in [1.82, 2.24) is 4.90 Å². The van der Waals surface area contributed by atoms with Crippen LogP contribution in [0.5, 0.6) is 0 Å². The third-order valence-corrected chi connectivity index (χ3v) is 2.90. The van der Waals surface area contributed by atoms with Crippen molar-refractivity contribution in [2.75, 3.05) is 27.3 Å². The van der Waals surface area contributed by atoms with E-state index in [0.29, 0.717) is 13.2 Å². The number of ether oxygens (including phenoxy) is 1. The lowest BCUT2D eigenvalue weighted by Gasteiger charge is -2.28. The predicted octanol–water partition coefficient (Wildman–Crippen LogP) is 0.363. The van der Waals surface area contributed by atoms with Gasteiger partial charge < -0.3 is 15.4 Å². The third kappa shape index (κ3) is 2.45. The highest BCUT2D eigenvalue weighted by atomic mass is 16.5. The van der Waals surface area contributed by atoms with E-state index in [1.54, 1.807) is 19.1 Å². The predicted molar refractivity (Wildman–Crippen MR) is 54.9 cm³/mol. The minimum atomic E-state index is -0.595. The van der Waals surface area contributed by atoms with Gasteiger partial charge in [-0.2, -0.15) is 0 Å². The summed E-state index contributed by atoms with van der Waals surface area (Å²) >= 11 is 0. The van der Waals surface area contributed by atoms with Crippen LogP contribution in [0.25, 0.3) is 0 Å². The number of nitrogens with zero attached hydrogens (tertiary/aromatic N) is 1. The lowest BCUT2D eigenvalue weighted by atomic mass is 9.97. The molecule has 82 valence electrons.